The quantitative estimate of drug-likeness (QED) is 0.0257. The third kappa shape index (κ3) is 12.2. The number of carbonyl (C=O) groups is 1. The highest BCUT2D eigenvalue weighted by Gasteiger charge is 2.44. The van der Waals surface area contributed by atoms with E-state index in [4.69, 9.17) is 26.9 Å². The van der Waals surface area contributed by atoms with Gasteiger partial charge in [-0.1, -0.05) is 55.6 Å². The van der Waals surface area contributed by atoms with Gasteiger partial charge in [-0.2, -0.15) is 0 Å². The van der Waals surface area contributed by atoms with Crippen molar-refractivity contribution in [2.75, 3.05) is 51.5 Å². The van der Waals surface area contributed by atoms with Crippen molar-refractivity contribution < 1.29 is 31.7 Å². The van der Waals surface area contributed by atoms with Crippen LogP contribution in [0.5, 0.6) is 0 Å². The molecule has 0 aliphatic heterocycles. The summed E-state index contributed by atoms with van der Waals surface area (Å²) in [6.07, 6.45) is 1.83. The number of hydrogen-bond acceptors (Lipinski definition) is 14. The zero-order chi connectivity index (χ0) is 36.5. The van der Waals surface area contributed by atoms with Gasteiger partial charge in [0.2, 0.25) is 5.13 Å². The van der Waals surface area contributed by atoms with Gasteiger partial charge in [-0.05, 0) is 86.9 Å². The average Bonchev–Trinajstić information content (AvgIpc) is 3.72. The van der Waals surface area contributed by atoms with Crippen molar-refractivity contribution in [2.24, 2.45) is 15.2 Å². The van der Waals surface area contributed by atoms with E-state index in [0.29, 0.717) is 36.2 Å². The van der Waals surface area contributed by atoms with Crippen molar-refractivity contribution >= 4 is 83.3 Å². The van der Waals surface area contributed by atoms with Gasteiger partial charge in [0.15, 0.2) is 8.32 Å². The van der Waals surface area contributed by atoms with E-state index in [1.165, 1.54) is 22.7 Å². The Bertz CT molecular complexity index is 1640. The number of thiophene rings is 1. The lowest BCUT2D eigenvalue weighted by atomic mass is 10.2. The van der Waals surface area contributed by atoms with Crippen LogP contribution >= 0.6 is 22.7 Å². The number of rotatable bonds is 23. The minimum absolute atomic E-state index is 0.0271. The van der Waals surface area contributed by atoms with Crippen LogP contribution in [0.2, 0.25) is 18.1 Å². The van der Waals surface area contributed by atoms with Gasteiger partial charge in [0.1, 0.15) is 16.4 Å². The molecule has 0 radical (unpaired) electrons. The fourth-order valence-corrected chi connectivity index (χ4v) is 11.5. The standard InChI is InChI=1S/C35H49N5O7S2Si2/c1-7-43-51(44-8-2,45-9-3)47-24-23-42-34(41)28-15-19-30(20-16-28)39-40-32-25-31-33(49-32)38-35(48-31)37-26-27-13-17-29(18-14-27)36-21-22-46-50(10-4,11-5)12-6/h13-20,25-26,36H,7-12,21-24H2,1-6H3/b37-26+,40-39?. The molecule has 0 fully saturated rings. The number of nitrogens with zero attached hydrogens (tertiary/aromatic N) is 4. The van der Waals surface area contributed by atoms with E-state index in [1.807, 2.05) is 45.2 Å². The Morgan fingerprint density at radius 1 is 0.784 bits per heavy atom. The summed E-state index contributed by atoms with van der Waals surface area (Å²) in [6, 6.07) is 20.4. The average molecular weight is 772 g/mol. The third-order valence-corrected chi connectivity index (χ3v) is 17.1. The van der Waals surface area contributed by atoms with Crippen molar-refractivity contribution in [1.82, 2.24) is 4.98 Å². The van der Waals surface area contributed by atoms with E-state index < -0.39 is 23.3 Å². The van der Waals surface area contributed by atoms with Crippen LogP contribution in [-0.4, -0.2) is 80.7 Å². The van der Waals surface area contributed by atoms with Crippen LogP contribution in [0.3, 0.4) is 0 Å². The smallest absolute Gasteiger partial charge is 0.460 e. The summed E-state index contributed by atoms with van der Waals surface area (Å²) in [4.78, 5) is 22.6. The maximum atomic E-state index is 12.5. The number of aliphatic imine (C=N–C) groups is 1. The third-order valence-electron chi connectivity index (χ3n) is 8.00. The lowest BCUT2D eigenvalue weighted by Crippen LogP contribution is -2.50. The van der Waals surface area contributed by atoms with E-state index in [9.17, 15) is 4.79 Å². The second-order valence-corrected chi connectivity index (χ2v) is 20.1. The van der Waals surface area contributed by atoms with Crippen LogP contribution < -0.4 is 5.32 Å². The normalized spacial score (nSPS) is 12.4. The van der Waals surface area contributed by atoms with Gasteiger partial charge < -0.3 is 32.2 Å². The van der Waals surface area contributed by atoms with E-state index in [0.717, 1.165) is 57.1 Å². The molecule has 0 saturated heterocycles. The van der Waals surface area contributed by atoms with Crippen molar-refractivity contribution in [3.8, 4) is 0 Å². The number of benzene rings is 2. The molecule has 4 rings (SSSR count). The van der Waals surface area contributed by atoms with Gasteiger partial charge in [-0.3, -0.25) is 0 Å². The van der Waals surface area contributed by atoms with Crippen molar-refractivity contribution in [3.05, 3.63) is 65.7 Å². The van der Waals surface area contributed by atoms with E-state index >= 15 is 0 Å². The number of ether oxygens (including phenoxy) is 1. The molecule has 0 aliphatic rings. The van der Waals surface area contributed by atoms with Crippen LogP contribution in [0.1, 0.15) is 57.5 Å². The van der Waals surface area contributed by atoms with Crippen LogP contribution in [-0.2, 0) is 26.9 Å². The molecule has 51 heavy (non-hydrogen) atoms. The first kappa shape index (κ1) is 40.6. The molecule has 12 nitrogen and oxygen atoms in total. The molecule has 4 aromatic rings. The number of thiazole rings is 1. The van der Waals surface area contributed by atoms with Crippen molar-refractivity contribution in [3.63, 3.8) is 0 Å². The maximum Gasteiger partial charge on any atom is 0.679 e. The van der Waals surface area contributed by atoms with Gasteiger partial charge in [0.25, 0.3) is 0 Å². The first-order valence-electron chi connectivity index (χ1n) is 17.5. The number of anilines is 1. The highest BCUT2D eigenvalue weighted by molar-refractivity contribution is 7.30. The number of hydrogen-bond donors (Lipinski definition) is 1. The van der Waals surface area contributed by atoms with Crippen molar-refractivity contribution in [1.29, 1.82) is 0 Å². The summed E-state index contributed by atoms with van der Waals surface area (Å²) < 4.78 is 35.4. The molecule has 0 saturated carbocycles. The second-order valence-electron chi connectivity index (χ2n) is 11.2. The Morgan fingerprint density at radius 2 is 1.45 bits per heavy atom. The fraction of sp³-hybridized carbons (Fsp3) is 0.457. The molecule has 2 aromatic heterocycles. The summed E-state index contributed by atoms with van der Waals surface area (Å²) >= 11 is 2.95. The summed E-state index contributed by atoms with van der Waals surface area (Å²) in [5, 5.41) is 13.6. The number of esters is 1. The largest absolute Gasteiger partial charge is 0.679 e. The Kier molecular flexibility index (Phi) is 16.5. The molecule has 0 atom stereocenters. The van der Waals surface area contributed by atoms with E-state index in [-0.39, 0.29) is 13.2 Å². The van der Waals surface area contributed by atoms with Gasteiger partial charge in [-0.25, -0.2) is 14.8 Å². The fourth-order valence-electron chi connectivity index (χ4n) is 5.09. The van der Waals surface area contributed by atoms with E-state index in [2.05, 4.69) is 58.4 Å². The Balaban J connectivity index is 1.22. The molecule has 276 valence electrons. The molecule has 0 bridgehead atoms. The highest BCUT2D eigenvalue weighted by Crippen LogP contribution is 2.38. The first-order chi connectivity index (χ1) is 24.8. The van der Waals surface area contributed by atoms with Crippen LogP contribution in [0.4, 0.5) is 21.5 Å². The highest BCUT2D eigenvalue weighted by atomic mass is 32.1. The van der Waals surface area contributed by atoms with Crippen LogP contribution in [0.15, 0.2) is 69.8 Å². The zero-order valence-electron chi connectivity index (χ0n) is 30.3. The molecule has 0 unspecified atom stereocenters. The molecular formula is C35H49N5O7S2Si2. The summed E-state index contributed by atoms with van der Waals surface area (Å²) in [6.45, 7) is 15.1. The summed E-state index contributed by atoms with van der Waals surface area (Å²) in [7, 11) is -4.80. The number of nitrogens with one attached hydrogen (secondary N) is 1. The molecule has 0 amide bonds. The lowest BCUT2D eigenvalue weighted by molar-refractivity contribution is -0.0363. The minimum Gasteiger partial charge on any atom is -0.460 e. The number of carbonyl (C=O) groups excluding carboxylic acids is 1. The zero-order valence-corrected chi connectivity index (χ0v) is 33.9. The van der Waals surface area contributed by atoms with Crippen LogP contribution in [0, 0.1) is 0 Å². The second kappa shape index (κ2) is 20.7. The maximum absolute atomic E-state index is 12.5. The molecule has 2 aromatic carbocycles. The predicted molar refractivity (Wildman–Crippen MR) is 210 cm³/mol. The number of azo groups is 1. The first-order valence-corrected chi connectivity index (χ1v) is 23.3. The van der Waals surface area contributed by atoms with Gasteiger partial charge in [0, 0.05) is 38.3 Å². The Labute approximate surface area is 310 Å². The number of fused-ring (bicyclic) bond motifs is 1. The molecule has 2 heterocycles. The van der Waals surface area contributed by atoms with E-state index in [1.54, 1.807) is 24.3 Å². The lowest BCUT2D eigenvalue weighted by Gasteiger charge is -2.28. The van der Waals surface area contributed by atoms with Gasteiger partial charge in [-0.15, -0.1) is 10.2 Å². The Hall–Kier alpha value is -3.20. The summed E-state index contributed by atoms with van der Waals surface area (Å²) in [5.41, 5.74) is 3.06. The van der Waals surface area contributed by atoms with Gasteiger partial charge >= 0.3 is 15.0 Å². The predicted octanol–water partition coefficient (Wildman–Crippen LogP) is 9.68. The monoisotopic (exact) mass is 771 g/mol. The molecule has 1 N–H and O–H groups in total. The Morgan fingerprint density at radius 3 is 2.06 bits per heavy atom. The van der Waals surface area contributed by atoms with Gasteiger partial charge in [0.05, 0.1) is 29.2 Å². The SMILES string of the molecule is CCO[Si](OCC)(OCC)OCCOC(=O)c1ccc(N=Nc2cc3sc(/N=C/c4ccc(NCCO[Si](CC)(CC)CC)cc4)nc3s2)cc1. The molecule has 0 aliphatic carbocycles. The molecule has 16 heteroatoms. The number of aromatic nitrogens is 1. The topological polar surface area (TPSA) is 134 Å². The minimum atomic E-state index is -3.26. The van der Waals surface area contributed by atoms with Crippen molar-refractivity contribution in [2.45, 2.75) is 59.7 Å². The molecule has 0 spiro atoms. The molecular weight excluding hydrogens is 723 g/mol. The van der Waals surface area contributed by atoms with Crippen LogP contribution in [0.25, 0.3) is 9.53 Å². The summed E-state index contributed by atoms with van der Waals surface area (Å²) in [5.74, 6) is -0.476.